The lowest BCUT2D eigenvalue weighted by atomic mass is 10.0. The van der Waals surface area contributed by atoms with Crippen LogP contribution >= 0.6 is 0 Å². The molecule has 7 atom stereocenters. The SMILES string of the molecule is CCCCCCCCCCCCCC[C@@H](O)[C@H]1CC[C@H]([C@H]2CC[C@H](CCCCC[C@H](O)CC3=C[C@@H](C)OC3=O)O2)O1. The molecule has 0 aromatic carbocycles. The number of esters is 1. The Morgan fingerprint density at radius 2 is 1.34 bits per heavy atom. The van der Waals surface area contributed by atoms with Gasteiger partial charge in [0.05, 0.1) is 36.6 Å². The zero-order valence-corrected chi connectivity index (χ0v) is 26.4. The summed E-state index contributed by atoms with van der Waals surface area (Å²) in [6.45, 7) is 4.12. The predicted molar refractivity (Wildman–Crippen MR) is 165 cm³/mol. The van der Waals surface area contributed by atoms with Gasteiger partial charge in [0.15, 0.2) is 0 Å². The second kappa shape index (κ2) is 20.1. The molecule has 3 heterocycles. The third kappa shape index (κ3) is 13.5. The van der Waals surface area contributed by atoms with Crippen LogP contribution in [0, 0.1) is 0 Å². The Labute approximate surface area is 251 Å². The van der Waals surface area contributed by atoms with Gasteiger partial charge in [0.25, 0.3) is 0 Å². The lowest BCUT2D eigenvalue weighted by Gasteiger charge is -2.23. The molecule has 6 heteroatoms. The van der Waals surface area contributed by atoms with Gasteiger partial charge in [-0.25, -0.2) is 4.79 Å². The van der Waals surface area contributed by atoms with Gasteiger partial charge in [-0.15, -0.1) is 0 Å². The predicted octanol–water partition coefficient (Wildman–Crippen LogP) is 8.11. The van der Waals surface area contributed by atoms with Crippen molar-refractivity contribution in [2.24, 2.45) is 0 Å². The van der Waals surface area contributed by atoms with E-state index in [1.165, 1.54) is 70.6 Å². The first-order valence-corrected chi connectivity index (χ1v) is 17.5. The molecular weight excluding hydrogens is 516 g/mol. The van der Waals surface area contributed by atoms with Gasteiger partial charge in [0, 0.05) is 12.0 Å². The monoisotopic (exact) mass is 578 g/mol. The number of carbonyl (C=O) groups excluding carboxylic acids is 1. The topological polar surface area (TPSA) is 85.2 Å². The largest absolute Gasteiger partial charge is 0.455 e. The number of unbranched alkanes of at least 4 members (excludes halogenated alkanes) is 13. The molecule has 0 amide bonds. The lowest BCUT2D eigenvalue weighted by molar-refractivity contribution is -0.139. The van der Waals surface area contributed by atoms with E-state index in [1.807, 2.05) is 13.0 Å². The van der Waals surface area contributed by atoms with Crippen LogP contribution < -0.4 is 0 Å². The Balaban J connectivity index is 1.14. The number of hydrogen-bond acceptors (Lipinski definition) is 6. The molecule has 0 aliphatic carbocycles. The van der Waals surface area contributed by atoms with Crippen LogP contribution in [0.4, 0.5) is 0 Å². The fourth-order valence-electron chi connectivity index (χ4n) is 6.91. The maximum Gasteiger partial charge on any atom is 0.334 e. The molecule has 0 saturated carbocycles. The fourth-order valence-corrected chi connectivity index (χ4v) is 6.91. The van der Waals surface area contributed by atoms with Gasteiger partial charge in [0.2, 0.25) is 0 Å². The molecule has 0 radical (unpaired) electrons. The van der Waals surface area contributed by atoms with Crippen molar-refractivity contribution in [1.29, 1.82) is 0 Å². The molecule has 3 rings (SSSR count). The van der Waals surface area contributed by atoms with Gasteiger partial charge < -0.3 is 24.4 Å². The van der Waals surface area contributed by atoms with Crippen LogP contribution in [-0.2, 0) is 19.0 Å². The highest BCUT2D eigenvalue weighted by molar-refractivity contribution is 5.90. The summed E-state index contributed by atoms with van der Waals surface area (Å²) in [6.07, 6.45) is 27.7. The van der Waals surface area contributed by atoms with E-state index in [2.05, 4.69) is 6.92 Å². The summed E-state index contributed by atoms with van der Waals surface area (Å²) in [5, 5.41) is 21.0. The minimum Gasteiger partial charge on any atom is -0.455 e. The zero-order valence-electron chi connectivity index (χ0n) is 26.4. The van der Waals surface area contributed by atoms with Crippen molar-refractivity contribution in [3.8, 4) is 0 Å². The molecule has 0 unspecified atom stereocenters. The molecule has 2 N–H and O–H groups in total. The quantitative estimate of drug-likeness (QED) is 0.0941. The van der Waals surface area contributed by atoms with Gasteiger partial charge in [-0.05, 0) is 57.9 Å². The third-order valence-corrected chi connectivity index (χ3v) is 9.43. The minimum atomic E-state index is -0.478. The van der Waals surface area contributed by atoms with Crippen molar-refractivity contribution in [1.82, 2.24) is 0 Å². The minimum absolute atomic E-state index is 0.0214. The maximum atomic E-state index is 11.7. The molecule has 238 valence electrons. The molecule has 6 nitrogen and oxygen atoms in total. The Morgan fingerprint density at radius 3 is 2.00 bits per heavy atom. The van der Waals surface area contributed by atoms with Crippen LogP contribution in [0.25, 0.3) is 0 Å². The standard InChI is InChI=1S/C35H62O6/c1-3-4-5-6-7-8-9-10-11-12-13-17-20-31(37)32-23-24-34(41-32)33-22-21-30(40-33)19-16-14-15-18-29(36)26-28-25-27(2)39-35(28)38/h25,27,29-34,36-37H,3-24,26H2,1-2H3/t27-,29+,30+,31-,32-,33-,34-/m1/s1. The van der Waals surface area contributed by atoms with Crippen LogP contribution in [-0.4, -0.2) is 58.9 Å². The van der Waals surface area contributed by atoms with E-state index in [9.17, 15) is 15.0 Å². The Kier molecular flexibility index (Phi) is 16.9. The van der Waals surface area contributed by atoms with Crippen molar-refractivity contribution in [2.75, 3.05) is 0 Å². The van der Waals surface area contributed by atoms with E-state index in [0.29, 0.717) is 24.5 Å². The molecule has 2 saturated heterocycles. The molecule has 41 heavy (non-hydrogen) atoms. The summed E-state index contributed by atoms with van der Waals surface area (Å²) >= 11 is 0. The van der Waals surface area contributed by atoms with Gasteiger partial charge in [-0.2, -0.15) is 0 Å². The summed E-state index contributed by atoms with van der Waals surface area (Å²) in [6, 6.07) is 0. The molecule has 3 aliphatic heterocycles. The summed E-state index contributed by atoms with van der Waals surface area (Å²) in [4.78, 5) is 11.7. The van der Waals surface area contributed by atoms with E-state index >= 15 is 0 Å². The molecule has 0 aromatic rings. The molecule has 0 spiro atoms. The van der Waals surface area contributed by atoms with E-state index in [4.69, 9.17) is 14.2 Å². The third-order valence-electron chi connectivity index (χ3n) is 9.43. The Morgan fingerprint density at radius 1 is 0.756 bits per heavy atom. The van der Waals surface area contributed by atoms with Crippen LogP contribution in [0.15, 0.2) is 11.6 Å². The van der Waals surface area contributed by atoms with Gasteiger partial charge in [0.1, 0.15) is 6.10 Å². The average Bonchev–Trinajstić information content (AvgIpc) is 3.69. The number of aliphatic hydroxyl groups is 2. The van der Waals surface area contributed by atoms with Crippen LogP contribution in [0.2, 0.25) is 0 Å². The number of carbonyl (C=O) groups is 1. The number of hydrogen-bond donors (Lipinski definition) is 2. The molecule has 3 aliphatic rings. The van der Waals surface area contributed by atoms with Crippen molar-refractivity contribution < 1.29 is 29.2 Å². The highest BCUT2D eigenvalue weighted by atomic mass is 16.6. The maximum absolute atomic E-state index is 11.7. The van der Waals surface area contributed by atoms with Crippen LogP contribution in [0.1, 0.15) is 162 Å². The first kappa shape index (κ1) is 34.5. The van der Waals surface area contributed by atoms with Crippen molar-refractivity contribution in [3.05, 3.63) is 11.6 Å². The van der Waals surface area contributed by atoms with Crippen molar-refractivity contribution in [3.63, 3.8) is 0 Å². The van der Waals surface area contributed by atoms with Crippen molar-refractivity contribution in [2.45, 2.75) is 204 Å². The first-order valence-electron chi connectivity index (χ1n) is 17.5. The first-order chi connectivity index (χ1) is 20.0. The van der Waals surface area contributed by atoms with Crippen molar-refractivity contribution >= 4 is 5.97 Å². The molecular formula is C35H62O6. The van der Waals surface area contributed by atoms with Crippen LogP contribution in [0.5, 0.6) is 0 Å². The highest BCUT2D eigenvalue weighted by Gasteiger charge is 2.39. The van der Waals surface area contributed by atoms with E-state index in [1.54, 1.807) is 0 Å². The summed E-state index contributed by atoms with van der Waals surface area (Å²) in [7, 11) is 0. The van der Waals surface area contributed by atoms with E-state index in [-0.39, 0.29) is 36.5 Å². The van der Waals surface area contributed by atoms with Gasteiger partial charge in [-0.1, -0.05) is 103 Å². The van der Waals surface area contributed by atoms with Crippen LogP contribution in [0.3, 0.4) is 0 Å². The van der Waals surface area contributed by atoms with Gasteiger partial charge in [-0.3, -0.25) is 0 Å². The van der Waals surface area contributed by atoms with E-state index in [0.717, 1.165) is 64.2 Å². The van der Waals surface area contributed by atoms with E-state index < -0.39 is 6.10 Å². The molecule has 0 aromatic heterocycles. The normalized spacial score (nSPS) is 27.8. The highest BCUT2D eigenvalue weighted by Crippen LogP contribution is 2.34. The zero-order chi connectivity index (χ0) is 29.3. The number of aliphatic hydroxyl groups excluding tert-OH is 2. The Bertz CT molecular complexity index is 738. The fraction of sp³-hybridized carbons (Fsp3) is 0.914. The number of ether oxygens (including phenoxy) is 3. The molecule has 2 fully saturated rings. The molecule has 0 bridgehead atoms. The number of cyclic esters (lactones) is 1. The van der Waals surface area contributed by atoms with Gasteiger partial charge >= 0.3 is 5.97 Å². The lowest BCUT2D eigenvalue weighted by Crippen LogP contribution is -2.31. The summed E-state index contributed by atoms with van der Waals surface area (Å²) in [5.41, 5.74) is 0.614. The average molecular weight is 579 g/mol. The summed E-state index contributed by atoms with van der Waals surface area (Å²) in [5.74, 6) is -0.281. The second-order valence-corrected chi connectivity index (χ2v) is 13.2. The Hall–Kier alpha value is -0.950. The number of rotatable bonds is 23. The second-order valence-electron chi connectivity index (χ2n) is 13.2. The smallest absolute Gasteiger partial charge is 0.334 e. The summed E-state index contributed by atoms with van der Waals surface area (Å²) < 4.78 is 17.8.